The number of hydrogen-bond donors (Lipinski definition) is 1. The highest BCUT2D eigenvalue weighted by Gasteiger charge is 2.32. The summed E-state index contributed by atoms with van der Waals surface area (Å²) in [4.78, 5) is 15.0. The lowest BCUT2D eigenvalue weighted by Gasteiger charge is -2.30. The van der Waals surface area contributed by atoms with Gasteiger partial charge in [-0.05, 0) is 75.3 Å². The lowest BCUT2D eigenvalue weighted by atomic mass is 9.97. The van der Waals surface area contributed by atoms with Crippen LogP contribution in [-0.2, 0) is 21.2 Å². The van der Waals surface area contributed by atoms with Crippen LogP contribution in [-0.4, -0.2) is 64.4 Å². The van der Waals surface area contributed by atoms with Crippen molar-refractivity contribution in [3.8, 4) is 5.75 Å². The summed E-state index contributed by atoms with van der Waals surface area (Å²) in [7, 11) is 2.06. The maximum Gasteiger partial charge on any atom is 0.243 e. The summed E-state index contributed by atoms with van der Waals surface area (Å²) in [5.74, 6) is 0.360. The molecule has 0 aromatic heterocycles. The molecule has 1 saturated heterocycles. The summed E-state index contributed by atoms with van der Waals surface area (Å²) in [5.41, 5.74) is 2.00. The molecule has 0 aliphatic carbocycles. The zero-order chi connectivity index (χ0) is 22.4. The summed E-state index contributed by atoms with van der Waals surface area (Å²) in [6, 6.07) is 14.3. The maximum atomic E-state index is 12.9. The quantitative estimate of drug-likeness (QED) is 0.676. The first-order valence-electron chi connectivity index (χ1n) is 10.5. The van der Waals surface area contributed by atoms with Gasteiger partial charge in [0.15, 0.2) is 0 Å². The molecule has 3 rings (SSSR count). The van der Waals surface area contributed by atoms with Gasteiger partial charge in [-0.3, -0.25) is 4.79 Å². The minimum Gasteiger partial charge on any atom is -0.497 e. The molecule has 1 fully saturated rings. The van der Waals surface area contributed by atoms with Crippen LogP contribution in [0.5, 0.6) is 5.75 Å². The Morgan fingerprint density at radius 3 is 2.23 bits per heavy atom. The molecular weight excluding hydrogens is 414 g/mol. The summed E-state index contributed by atoms with van der Waals surface area (Å²) >= 11 is 0. The van der Waals surface area contributed by atoms with E-state index in [-0.39, 0.29) is 16.7 Å². The molecule has 2 aromatic rings. The van der Waals surface area contributed by atoms with Gasteiger partial charge in [-0.15, -0.1) is 0 Å². The molecule has 0 saturated carbocycles. The third kappa shape index (κ3) is 6.06. The fourth-order valence-corrected chi connectivity index (χ4v) is 5.08. The van der Waals surface area contributed by atoms with Crippen LogP contribution >= 0.6 is 0 Å². The monoisotopic (exact) mass is 445 g/mol. The van der Waals surface area contributed by atoms with Gasteiger partial charge < -0.3 is 15.0 Å². The summed E-state index contributed by atoms with van der Waals surface area (Å²) < 4.78 is 32.3. The second kappa shape index (κ2) is 10.3. The summed E-state index contributed by atoms with van der Waals surface area (Å²) in [5, 5.41) is 2.97. The van der Waals surface area contributed by atoms with Crippen molar-refractivity contribution in [1.29, 1.82) is 0 Å². The Bertz CT molecular complexity index is 965. The van der Waals surface area contributed by atoms with Gasteiger partial charge in [0, 0.05) is 31.2 Å². The minimum absolute atomic E-state index is 0.0532. The Balaban J connectivity index is 1.53. The van der Waals surface area contributed by atoms with Gasteiger partial charge >= 0.3 is 0 Å². The molecule has 8 heteroatoms. The topological polar surface area (TPSA) is 79.0 Å². The van der Waals surface area contributed by atoms with Crippen molar-refractivity contribution in [3.63, 3.8) is 0 Å². The SMILES string of the molecule is COc1ccc(S(=O)(=O)N2CCC(C(=O)Nc3ccc(CCN(C)C)cc3)CC2)cc1. The molecule has 0 unspecified atom stereocenters. The van der Waals surface area contributed by atoms with Crippen LogP contribution in [0.15, 0.2) is 53.4 Å². The number of hydrogen-bond acceptors (Lipinski definition) is 5. The second-order valence-corrected chi connectivity index (χ2v) is 10.0. The Hall–Kier alpha value is -2.42. The predicted molar refractivity (Wildman–Crippen MR) is 122 cm³/mol. The number of anilines is 1. The van der Waals surface area contributed by atoms with Gasteiger partial charge in [0.2, 0.25) is 15.9 Å². The lowest BCUT2D eigenvalue weighted by molar-refractivity contribution is -0.120. The highest BCUT2D eigenvalue weighted by atomic mass is 32.2. The number of carbonyl (C=O) groups is 1. The van der Waals surface area contributed by atoms with E-state index in [1.165, 1.54) is 9.87 Å². The molecule has 2 aromatic carbocycles. The van der Waals surface area contributed by atoms with Crippen LogP contribution in [0, 0.1) is 5.92 Å². The molecule has 7 nitrogen and oxygen atoms in total. The van der Waals surface area contributed by atoms with Crippen LogP contribution < -0.4 is 10.1 Å². The van der Waals surface area contributed by atoms with Crippen LogP contribution in [0.4, 0.5) is 5.69 Å². The third-order valence-electron chi connectivity index (χ3n) is 5.59. The first kappa shape index (κ1) is 23.2. The number of carbonyl (C=O) groups excluding carboxylic acids is 1. The van der Waals surface area contributed by atoms with Gasteiger partial charge in [0.25, 0.3) is 0 Å². The van der Waals surface area contributed by atoms with Crippen molar-refractivity contribution >= 4 is 21.6 Å². The van der Waals surface area contributed by atoms with Crippen LogP contribution in [0.3, 0.4) is 0 Å². The number of likely N-dealkylation sites (N-methyl/N-ethyl adjacent to an activating group) is 1. The fourth-order valence-electron chi connectivity index (χ4n) is 3.61. The van der Waals surface area contributed by atoms with Gasteiger partial charge in [0.05, 0.1) is 12.0 Å². The largest absolute Gasteiger partial charge is 0.497 e. The normalized spacial score (nSPS) is 15.7. The van der Waals surface area contributed by atoms with E-state index in [4.69, 9.17) is 4.74 Å². The Kier molecular flexibility index (Phi) is 7.69. The molecule has 1 amide bonds. The molecule has 1 aliphatic heterocycles. The van der Waals surface area contributed by atoms with Gasteiger partial charge in [-0.25, -0.2) is 8.42 Å². The molecule has 1 aliphatic rings. The van der Waals surface area contributed by atoms with Crippen molar-refractivity contribution in [3.05, 3.63) is 54.1 Å². The number of nitrogens with one attached hydrogen (secondary N) is 1. The number of amides is 1. The lowest BCUT2D eigenvalue weighted by Crippen LogP contribution is -2.41. The van der Waals surface area contributed by atoms with Crippen molar-refractivity contribution in [1.82, 2.24) is 9.21 Å². The Morgan fingerprint density at radius 2 is 1.68 bits per heavy atom. The molecule has 0 radical (unpaired) electrons. The number of rotatable bonds is 8. The van der Waals surface area contributed by atoms with E-state index in [0.717, 1.165) is 18.7 Å². The molecule has 31 heavy (non-hydrogen) atoms. The predicted octanol–water partition coefficient (Wildman–Crippen LogP) is 2.84. The zero-order valence-electron chi connectivity index (χ0n) is 18.4. The van der Waals surface area contributed by atoms with E-state index in [9.17, 15) is 13.2 Å². The first-order chi connectivity index (χ1) is 14.8. The third-order valence-corrected chi connectivity index (χ3v) is 7.50. The number of benzene rings is 2. The zero-order valence-corrected chi connectivity index (χ0v) is 19.2. The average molecular weight is 446 g/mol. The number of piperidine rings is 1. The van der Waals surface area contributed by atoms with Crippen LogP contribution in [0.2, 0.25) is 0 Å². The highest BCUT2D eigenvalue weighted by Crippen LogP contribution is 2.26. The van der Waals surface area contributed by atoms with Crippen molar-refractivity contribution < 1.29 is 17.9 Å². The number of ether oxygens (including phenoxy) is 1. The van der Waals surface area contributed by atoms with E-state index < -0.39 is 10.0 Å². The van der Waals surface area contributed by atoms with E-state index in [2.05, 4.69) is 10.2 Å². The fraction of sp³-hybridized carbons (Fsp3) is 0.435. The van der Waals surface area contributed by atoms with Crippen molar-refractivity contribution in [2.45, 2.75) is 24.2 Å². The molecule has 0 spiro atoms. The minimum atomic E-state index is -3.57. The van der Waals surface area contributed by atoms with Crippen molar-refractivity contribution in [2.24, 2.45) is 5.92 Å². The average Bonchev–Trinajstić information content (AvgIpc) is 2.78. The molecule has 0 atom stereocenters. The molecular formula is C23H31N3O4S. The van der Waals surface area contributed by atoms with Gasteiger partial charge in [-0.1, -0.05) is 12.1 Å². The number of nitrogens with zero attached hydrogens (tertiary/aromatic N) is 2. The van der Waals surface area contributed by atoms with Crippen molar-refractivity contribution in [2.75, 3.05) is 46.2 Å². The Morgan fingerprint density at radius 1 is 1.06 bits per heavy atom. The molecule has 168 valence electrons. The number of sulfonamides is 1. The van der Waals surface area contributed by atoms with E-state index >= 15 is 0 Å². The van der Waals surface area contributed by atoms with Gasteiger partial charge in [-0.2, -0.15) is 4.31 Å². The van der Waals surface area contributed by atoms with E-state index in [1.54, 1.807) is 31.4 Å². The second-order valence-electron chi connectivity index (χ2n) is 8.09. The maximum absolute atomic E-state index is 12.9. The molecule has 1 N–H and O–H groups in total. The van der Waals surface area contributed by atoms with Gasteiger partial charge in [0.1, 0.15) is 5.75 Å². The highest BCUT2D eigenvalue weighted by molar-refractivity contribution is 7.89. The molecule has 1 heterocycles. The standard InChI is InChI=1S/C23H31N3O4S/c1-25(2)15-12-18-4-6-20(7-5-18)24-23(27)19-13-16-26(17-14-19)31(28,29)22-10-8-21(30-3)9-11-22/h4-11,19H,12-17H2,1-3H3,(H,24,27). The summed E-state index contributed by atoms with van der Waals surface area (Å²) in [6.07, 6.45) is 1.96. The Labute approximate surface area is 185 Å². The smallest absolute Gasteiger partial charge is 0.243 e. The van der Waals surface area contributed by atoms with E-state index in [0.29, 0.717) is 31.7 Å². The van der Waals surface area contributed by atoms with Crippen LogP contribution in [0.25, 0.3) is 0 Å². The van der Waals surface area contributed by atoms with Crippen LogP contribution in [0.1, 0.15) is 18.4 Å². The van der Waals surface area contributed by atoms with E-state index in [1.807, 2.05) is 38.4 Å². The first-order valence-corrected chi connectivity index (χ1v) is 11.9. The summed E-state index contributed by atoms with van der Waals surface area (Å²) in [6.45, 7) is 1.63. The number of methoxy groups -OCH3 is 1. The molecule has 0 bridgehead atoms.